The minimum Gasteiger partial charge on any atom is -0.349 e. The van der Waals surface area contributed by atoms with E-state index in [9.17, 15) is 31.5 Å². The van der Waals surface area contributed by atoms with Crippen molar-refractivity contribution in [2.45, 2.75) is 76.4 Å². The number of fused-ring (bicyclic) bond motifs is 5. The zero-order valence-electron chi connectivity index (χ0n) is 20.5. The van der Waals surface area contributed by atoms with Gasteiger partial charge in [-0.05, 0) is 73.3 Å². The highest BCUT2D eigenvalue weighted by Crippen LogP contribution is 2.66. The Morgan fingerprint density at radius 1 is 0.972 bits per heavy atom. The number of alkyl halides is 5. The van der Waals surface area contributed by atoms with Gasteiger partial charge in [-0.15, -0.1) is 0 Å². The fourth-order valence-electron chi connectivity index (χ4n) is 8.36. The normalized spacial score (nSPS) is 39.0. The molecule has 1 aromatic carbocycles. The highest BCUT2D eigenvalue weighted by atomic mass is 19.4. The summed E-state index contributed by atoms with van der Waals surface area (Å²) in [6, 6.07) is 6.74. The molecule has 196 valence electrons. The molecule has 1 N–H and O–H groups in total. The molecule has 1 aromatic rings. The molecule has 0 saturated heterocycles. The fraction of sp³-hybridized carbons (Fsp3) is 0.643. The molecule has 1 heterocycles. The van der Waals surface area contributed by atoms with Crippen molar-refractivity contribution < 1.29 is 31.5 Å². The summed E-state index contributed by atoms with van der Waals surface area (Å²) in [7, 11) is 0. The molecule has 1 amide bonds. The SMILES string of the molecule is C[C@]12C=CC(=O)N[C@@H]1CC[C@@H]1[C@@H]2CC[C@]2(C)[C@@H](C(=O)C(c3ccccc3)C(F)(F)C(F)(F)F)CC[C@@H]12. The second-order valence-electron chi connectivity index (χ2n) is 11.8. The molecular formula is C28H32F5NO2. The molecule has 4 aliphatic rings. The standard InChI is InChI=1S/C28H32F5NO2/c1-25-14-12-19-17(8-11-21-26(19,2)15-13-22(35)34-21)18(25)9-10-20(25)24(36)23(16-6-4-3-5-7-16)27(29,30)28(31,32)33/h3-7,13,15,17-21,23H,8-12,14H2,1-2H3,(H,34,35)/t17-,18-,19-,20+,21+,23?,25-,26+/m0/s1. The lowest BCUT2D eigenvalue weighted by molar-refractivity contribution is -0.289. The summed E-state index contributed by atoms with van der Waals surface area (Å²) in [5.41, 5.74) is -1.14. The Balaban J connectivity index is 1.47. The summed E-state index contributed by atoms with van der Waals surface area (Å²) in [4.78, 5) is 25.7. The maximum atomic E-state index is 14.9. The molecule has 5 rings (SSSR count). The van der Waals surface area contributed by atoms with Crippen LogP contribution in [0.1, 0.15) is 63.9 Å². The van der Waals surface area contributed by atoms with E-state index >= 15 is 0 Å². The van der Waals surface area contributed by atoms with E-state index in [0.717, 1.165) is 19.3 Å². The summed E-state index contributed by atoms with van der Waals surface area (Å²) in [5, 5.41) is 3.08. The Labute approximate surface area is 207 Å². The van der Waals surface area contributed by atoms with Crippen molar-refractivity contribution in [1.82, 2.24) is 5.32 Å². The number of carbonyl (C=O) groups is 2. The van der Waals surface area contributed by atoms with E-state index in [0.29, 0.717) is 19.3 Å². The largest absolute Gasteiger partial charge is 0.454 e. The molecular weight excluding hydrogens is 477 g/mol. The number of benzene rings is 1. The summed E-state index contributed by atoms with van der Waals surface area (Å²) < 4.78 is 70.4. The zero-order valence-corrected chi connectivity index (χ0v) is 20.5. The van der Waals surface area contributed by atoms with Gasteiger partial charge in [0.05, 0.1) is 0 Å². The van der Waals surface area contributed by atoms with Crippen molar-refractivity contribution >= 4 is 11.7 Å². The first kappa shape index (κ1) is 25.4. The van der Waals surface area contributed by atoms with Gasteiger partial charge in [-0.25, -0.2) is 0 Å². The number of ketones is 1. The third-order valence-electron chi connectivity index (χ3n) is 10.2. The molecule has 0 aromatic heterocycles. The molecule has 3 aliphatic carbocycles. The maximum absolute atomic E-state index is 14.9. The van der Waals surface area contributed by atoms with E-state index < -0.39 is 35.1 Å². The van der Waals surface area contributed by atoms with Gasteiger partial charge in [0.15, 0.2) is 0 Å². The van der Waals surface area contributed by atoms with Crippen molar-refractivity contribution in [3.63, 3.8) is 0 Å². The van der Waals surface area contributed by atoms with Gasteiger partial charge in [0.25, 0.3) is 0 Å². The molecule has 36 heavy (non-hydrogen) atoms. The van der Waals surface area contributed by atoms with Gasteiger partial charge in [0.1, 0.15) is 11.7 Å². The second-order valence-corrected chi connectivity index (χ2v) is 11.8. The lowest BCUT2D eigenvalue weighted by atomic mass is 9.47. The molecule has 0 spiro atoms. The lowest BCUT2D eigenvalue weighted by Crippen LogP contribution is -2.59. The number of Topliss-reactive ketones (excluding diaryl/α,β-unsaturated/α-hetero) is 1. The number of carbonyl (C=O) groups excluding carboxylic acids is 2. The zero-order chi connectivity index (χ0) is 26.1. The van der Waals surface area contributed by atoms with Crippen LogP contribution >= 0.6 is 0 Å². The van der Waals surface area contributed by atoms with E-state index in [-0.39, 0.29) is 40.7 Å². The molecule has 0 radical (unpaired) electrons. The van der Waals surface area contributed by atoms with Crippen LogP contribution in [0.2, 0.25) is 0 Å². The smallest absolute Gasteiger partial charge is 0.349 e. The van der Waals surface area contributed by atoms with Crippen LogP contribution in [-0.2, 0) is 9.59 Å². The molecule has 3 fully saturated rings. The predicted molar refractivity (Wildman–Crippen MR) is 124 cm³/mol. The number of hydrogen-bond donors (Lipinski definition) is 1. The quantitative estimate of drug-likeness (QED) is 0.474. The van der Waals surface area contributed by atoms with Gasteiger partial charge in [-0.2, -0.15) is 22.0 Å². The van der Waals surface area contributed by atoms with E-state index in [1.807, 2.05) is 13.0 Å². The van der Waals surface area contributed by atoms with E-state index in [4.69, 9.17) is 0 Å². The lowest BCUT2D eigenvalue weighted by Gasteiger charge is -2.58. The average Bonchev–Trinajstić information content (AvgIpc) is 3.17. The monoisotopic (exact) mass is 509 g/mol. The van der Waals surface area contributed by atoms with Crippen LogP contribution in [0.4, 0.5) is 22.0 Å². The number of halogens is 5. The molecule has 0 bridgehead atoms. The Bertz CT molecular complexity index is 1070. The molecule has 3 saturated carbocycles. The van der Waals surface area contributed by atoms with Gasteiger partial charge in [0, 0.05) is 17.4 Å². The Kier molecular flexibility index (Phi) is 5.92. The summed E-state index contributed by atoms with van der Waals surface area (Å²) in [6.45, 7) is 4.09. The minimum absolute atomic E-state index is 0.0346. The van der Waals surface area contributed by atoms with Gasteiger partial charge in [0.2, 0.25) is 5.91 Å². The summed E-state index contributed by atoms with van der Waals surface area (Å²) >= 11 is 0. The molecule has 3 nitrogen and oxygen atoms in total. The molecule has 1 aliphatic heterocycles. The predicted octanol–water partition coefficient (Wildman–Crippen LogP) is 6.45. The first-order valence-corrected chi connectivity index (χ1v) is 12.8. The van der Waals surface area contributed by atoms with Crippen LogP contribution in [0, 0.1) is 34.5 Å². The van der Waals surface area contributed by atoms with Crippen LogP contribution in [0.5, 0.6) is 0 Å². The van der Waals surface area contributed by atoms with Crippen molar-refractivity contribution in [3.8, 4) is 0 Å². The highest BCUT2D eigenvalue weighted by molar-refractivity contribution is 5.90. The summed E-state index contributed by atoms with van der Waals surface area (Å²) in [5.74, 6) is -9.08. The van der Waals surface area contributed by atoms with E-state index in [1.165, 1.54) is 30.3 Å². The number of amides is 1. The van der Waals surface area contributed by atoms with Crippen molar-refractivity contribution in [2.24, 2.45) is 34.5 Å². The van der Waals surface area contributed by atoms with Crippen LogP contribution in [0.15, 0.2) is 42.5 Å². The Morgan fingerprint density at radius 3 is 2.33 bits per heavy atom. The van der Waals surface area contributed by atoms with Gasteiger partial charge in [-0.3, -0.25) is 9.59 Å². The third-order valence-corrected chi connectivity index (χ3v) is 10.2. The van der Waals surface area contributed by atoms with Crippen molar-refractivity contribution in [1.29, 1.82) is 0 Å². The summed E-state index contributed by atoms with van der Waals surface area (Å²) in [6.07, 6.45) is 1.71. The number of hydrogen-bond acceptors (Lipinski definition) is 2. The topological polar surface area (TPSA) is 46.2 Å². The van der Waals surface area contributed by atoms with Crippen LogP contribution in [0.3, 0.4) is 0 Å². The third kappa shape index (κ3) is 3.65. The van der Waals surface area contributed by atoms with Gasteiger partial charge >= 0.3 is 12.1 Å². The van der Waals surface area contributed by atoms with Crippen LogP contribution < -0.4 is 5.32 Å². The van der Waals surface area contributed by atoms with E-state index in [2.05, 4.69) is 12.2 Å². The average molecular weight is 510 g/mol. The first-order valence-electron chi connectivity index (χ1n) is 12.8. The van der Waals surface area contributed by atoms with Gasteiger partial charge in [-0.1, -0.05) is 50.3 Å². The second kappa shape index (κ2) is 8.38. The minimum atomic E-state index is -5.83. The molecule has 8 atom stereocenters. The van der Waals surface area contributed by atoms with Crippen LogP contribution in [0.25, 0.3) is 0 Å². The Hall–Kier alpha value is -2.25. The fourth-order valence-corrected chi connectivity index (χ4v) is 8.36. The Morgan fingerprint density at radius 2 is 1.67 bits per heavy atom. The van der Waals surface area contributed by atoms with E-state index in [1.54, 1.807) is 6.08 Å². The molecule has 8 heteroatoms. The first-order chi connectivity index (χ1) is 16.8. The number of rotatable bonds is 4. The van der Waals surface area contributed by atoms with Crippen molar-refractivity contribution in [3.05, 3.63) is 48.0 Å². The van der Waals surface area contributed by atoms with Gasteiger partial charge < -0.3 is 5.32 Å². The van der Waals surface area contributed by atoms with Crippen molar-refractivity contribution in [2.75, 3.05) is 0 Å². The number of nitrogens with one attached hydrogen (secondary N) is 1. The highest BCUT2D eigenvalue weighted by Gasteiger charge is 2.68. The van der Waals surface area contributed by atoms with Crippen LogP contribution in [-0.4, -0.2) is 29.8 Å². The maximum Gasteiger partial charge on any atom is 0.454 e. The molecule has 1 unspecified atom stereocenters.